The lowest BCUT2D eigenvalue weighted by Gasteiger charge is -2.18. The molecule has 0 aliphatic carbocycles. The molecular formula is C25H30N2O8. The van der Waals surface area contributed by atoms with Crippen molar-refractivity contribution in [1.29, 1.82) is 0 Å². The van der Waals surface area contributed by atoms with E-state index < -0.39 is 36.6 Å². The van der Waals surface area contributed by atoms with Gasteiger partial charge in [0.1, 0.15) is 24.9 Å². The van der Waals surface area contributed by atoms with E-state index in [2.05, 4.69) is 10.6 Å². The quantitative estimate of drug-likeness (QED) is 0.273. The number of benzene rings is 2. The average molecular weight is 487 g/mol. The molecule has 0 aliphatic heterocycles. The topological polar surface area (TPSA) is 140 Å². The van der Waals surface area contributed by atoms with Crippen molar-refractivity contribution in [3.63, 3.8) is 0 Å². The Hall–Kier alpha value is -4.08. The smallest absolute Gasteiger partial charge is 0.407 e. The van der Waals surface area contributed by atoms with Gasteiger partial charge in [-0.05, 0) is 29.7 Å². The van der Waals surface area contributed by atoms with Gasteiger partial charge in [-0.2, -0.15) is 0 Å². The van der Waals surface area contributed by atoms with Crippen LogP contribution >= 0.6 is 0 Å². The third kappa shape index (κ3) is 11.1. The number of ether oxygens (including phenoxy) is 3. The molecule has 3 N–H and O–H groups in total. The van der Waals surface area contributed by atoms with E-state index in [4.69, 9.17) is 19.3 Å². The minimum atomic E-state index is -1.09. The first-order chi connectivity index (χ1) is 16.9. The van der Waals surface area contributed by atoms with Crippen LogP contribution in [0.1, 0.15) is 30.9 Å². The number of hydrogen-bond acceptors (Lipinski definition) is 7. The van der Waals surface area contributed by atoms with Gasteiger partial charge >= 0.3 is 18.0 Å². The molecule has 2 rings (SSSR count). The highest BCUT2D eigenvalue weighted by molar-refractivity contribution is 5.87. The predicted molar refractivity (Wildman–Crippen MR) is 126 cm³/mol. The largest absolute Gasteiger partial charge is 0.482 e. The monoisotopic (exact) mass is 486 g/mol. The van der Waals surface area contributed by atoms with E-state index >= 15 is 0 Å². The van der Waals surface area contributed by atoms with Crippen LogP contribution in [0.25, 0.3) is 0 Å². The van der Waals surface area contributed by atoms with E-state index in [-0.39, 0.29) is 26.2 Å². The molecule has 2 aromatic carbocycles. The number of aliphatic carboxylic acids is 1. The van der Waals surface area contributed by atoms with Gasteiger partial charge in [0.05, 0.1) is 6.61 Å². The number of carboxylic acids is 1. The predicted octanol–water partition coefficient (Wildman–Crippen LogP) is 2.45. The van der Waals surface area contributed by atoms with Gasteiger partial charge in [-0.1, -0.05) is 55.8 Å². The van der Waals surface area contributed by atoms with E-state index in [0.29, 0.717) is 17.7 Å². The highest BCUT2D eigenvalue weighted by atomic mass is 16.5. The number of rotatable bonds is 14. The van der Waals surface area contributed by atoms with Gasteiger partial charge in [0.25, 0.3) is 0 Å². The molecule has 0 spiro atoms. The standard InChI is InChI=1S/C25H30N2O8/c1-2-3-13-33-24(31)21(14-18-9-11-20(12-10-18)34-17-23(29)30)27-22(28)15-26-25(32)35-16-19-7-5-4-6-8-19/h4-12,21H,2-3,13-17H2,1H3,(H,26,32)(H,27,28)(H,29,30)/t21-/m0/s1. The van der Waals surface area contributed by atoms with E-state index in [1.54, 1.807) is 36.4 Å². The number of amides is 2. The summed E-state index contributed by atoms with van der Waals surface area (Å²) in [4.78, 5) is 47.5. The molecule has 188 valence electrons. The Kier molecular flexibility index (Phi) is 11.6. The Balaban J connectivity index is 1.89. The van der Waals surface area contributed by atoms with Crippen LogP contribution in [0.2, 0.25) is 0 Å². The fourth-order valence-electron chi connectivity index (χ4n) is 2.89. The van der Waals surface area contributed by atoms with Crippen LogP contribution in [-0.4, -0.2) is 54.8 Å². The molecule has 0 fully saturated rings. The van der Waals surface area contributed by atoms with E-state index in [1.807, 2.05) is 25.1 Å². The number of hydrogen-bond donors (Lipinski definition) is 3. The Labute approximate surface area is 203 Å². The zero-order valence-electron chi connectivity index (χ0n) is 19.5. The SMILES string of the molecule is CCCCOC(=O)[C@H](Cc1ccc(OCC(=O)O)cc1)NC(=O)CNC(=O)OCc1ccccc1. The molecule has 10 heteroatoms. The fraction of sp³-hybridized carbons (Fsp3) is 0.360. The molecule has 10 nitrogen and oxygen atoms in total. The molecule has 0 bridgehead atoms. The molecule has 0 heterocycles. The minimum Gasteiger partial charge on any atom is -0.482 e. The highest BCUT2D eigenvalue weighted by Crippen LogP contribution is 2.14. The highest BCUT2D eigenvalue weighted by Gasteiger charge is 2.23. The van der Waals surface area contributed by atoms with Crippen molar-refractivity contribution in [3.8, 4) is 5.75 Å². The fourth-order valence-corrected chi connectivity index (χ4v) is 2.89. The average Bonchev–Trinajstić information content (AvgIpc) is 2.86. The number of carbonyl (C=O) groups excluding carboxylic acids is 3. The maximum Gasteiger partial charge on any atom is 0.407 e. The van der Waals surface area contributed by atoms with Crippen molar-refractivity contribution in [3.05, 3.63) is 65.7 Å². The third-order valence-corrected chi connectivity index (χ3v) is 4.69. The first-order valence-corrected chi connectivity index (χ1v) is 11.2. The second kappa shape index (κ2) is 14.9. The zero-order chi connectivity index (χ0) is 25.5. The second-order valence-corrected chi connectivity index (χ2v) is 7.59. The maximum atomic E-state index is 12.6. The summed E-state index contributed by atoms with van der Waals surface area (Å²) >= 11 is 0. The van der Waals surface area contributed by atoms with Crippen LogP contribution in [0, 0.1) is 0 Å². The van der Waals surface area contributed by atoms with E-state index in [1.165, 1.54) is 0 Å². The molecule has 35 heavy (non-hydrogen) atoms. The molecule has 1 atom stereocenters. The Morgan fingerprint density at radius 1 is 0.943 bits per heavy atom. The lowest BCUT2D eigenvalue weighted by molar-refractivity contribution is -0.148. The molecule has 0 saturated carbocycles. The summed E-state index contributed by atoms with van der Waals surface area (Å²) in [6.07, 6.45) is 0.908. The molecule has 0 aromatic heterocycles. The molecule has 0 saturated heterocycles. The lowest BCUT2D eigenvalue weighted by atomic mass is 10.1. The van der Waals surface area contributed by atoms with Crippen LogP contribution in [0.3, 0.4) is 0 Å². The molecule has 0 unspecified atom stereocenters. The van der Waals surface area contributed by atoms with Gasteiger partial charge in [0.2, 0.25) is 5.91 Å². The van der Waals surface area contributed by atoms with Gasteiger partial charge in [0.15, 0.2) is 6.61 Å². The number of carbonyl (C=O) groups is 4. The van der Waals surface area contributed by atoms with Crippen molar-refractivity contribution in [2.24, 2.45) is 0 Å². The van der Waals surface area contributed by atoms with E-state index in [0.717, 1.165) is 12.0 Å². The van der Waals surface area contributed by atoms with Crippen LogP contribution in [-0.2, 0) is 36.9 Å². The summed E-state index contributed by atoms with van der Waals surface area (Å²) in [5, 5.41) is 13.6. The minimum absolute atomic E-state index is 0.0623. The van der Waals surface area contributed by atoms with Crippen molar-refractivity contribution in [2.75, 3.05) is 19.8 Å². The van der Waals surface area contributed by atoms with Gasteiger partial charge in [0, 0.05) is 6.42 Å². The molecule has 0 aliphatic rings. The first kappa shape index (κ1) is 27.2. The van der Waals surface area contributed by atoms with Crippen molar-refractivity contribution < 1.29 is 38.5 Å². The molecular weight excluding hydrogens is 456 g/mol. The maximum absolute atomic E-state index is 12.6. The van der Waals surface area contributed by atoms with Crippen LogP contribution in [0.5, 0.6) is 5.75 Å². The van der Waals surface area contributed by atoms with Gasteiger partial charge in [-0.15, -0.1) is 0 Å². The number of esters is 1. The normalized spacial score (nSPS) is 11.1. The molecule has 2 amide bonds. The second-order valence-electron chi connectivity index (χ2n) is 7.59. The van der Waals surface area contributed by atoms with Crippen molar-refractivity contribution >= 4 is 23.9 Å². The number of nitrogens with one attached hydrogen (secondary N) is 2. The Morgan fingerprint density at radius 3 is 2.31 bits per heavy atom. The first-order valence-electron chi connectivity index (χ1n) is 11.2. The summed E-state index contributed by atoms with van der Waals surface area (Å²) in [7, 11) is 0. The van der Waals surface area contributed by atoms with Gasteiger partial charge < -0.3 is 30.0 Å². The van der Waals surface area contributed by atoms with Crippen LogP contribution in [0.15, 0.2) is 54.6 Å². The lowest BCUT2D eigenvalue weighted by Crippen LogP contribution is -2.47. The number of alkyl carbamates (subject to hydrolysis) is 1. The Bertz CT molecular complexity index is 963. The summed E-state index contributed by atoms with van der Waals surface area (Å²) < 4.78 is 15.4. The molecule has 0 radical (unpaired) electrons. The van der Waals surface area contributed by atoms with Crippen LogP contribution in [0.4, 0.5) is 4.79 Å². The van der Waals surface area contributed by atoms with Gasteiger partial charge in [-0.25, -0.2) is 14.4 Å². The Morgan fingerprint density at radius 2 is 1.66 bits per heavy atom. The van der Waals surface area contributed by atoms with Crippen LogP contribution < -0.4 is 15.4 Å². The number of carboxylic acid groups (broad SMARTS) is 1. The summed E-state index contributed by atoms with van der Waals surface area (Å²) in [6.45, 7) is 1.40. The number of unbranched alkanes of at least 4 members (excludes halogenated alkanes) is 1. The van der Waals surface area contributed by atoms with E-state index in [9.17, 15) is 19.2 Å². The zero-order valence-corrected chi connectivity index (χ0v) is 19.5. The summed E-state index contributed by atoms with van der Waals surface area (Å²) in [6, 6.07) is 14.6. The van der Waals surface area contributed by atoms with Crippen molar-refractivity contribution in [1.82, 2.24) is 10.6 Å². The van der Waals surface area contributed by atoms with Gasteiger partial charge in [-0.3, -0.25) is 4.79 Å². The third-order valence-electron chi connectivity index (χ3n) is 4.69. The van der Waals surface area contributed by atoms with Crippen molar-refractivity contribution in [2.45, 2.75) is 38.8 Å². The molecule has 2 aromatic rings. The summed E-state index contributed by atoms with van der Waals surface area (Å²) in [5.74, 6) is -1.91. The summed E-state index contributed by atoms with van der Waals surface area (Å²) in [5.41, 5.74) is 1.50.